The summed E-state index contributed by atoms with van der Waals surface area (Å²) < 4.78 is 6.33. The lowest BCUT2D eigenvalue weighted by molar-refractivity contribution is 0.457. The van der Waals surface area contributed by atoms with E-state index in [2.05, 4.69) is 25.9 Å². The highest BCUT2D eigenvalue weighted by Crippen LogP contribution is 2.30. The van der Waals surface area contributed by atoms with Crippen molar-refractivity contribution in [2.75, 3.05) is 0 Å². The maximum absolute atomic E-state index is 5.81. The van der Waals surface area contributed by atoms with Gasteiger partial charge in [0.05, 0.1) is 4.47 Å². The summed E-state index contributed by atoms with van der Waals surface area (Å²) in [6.45, 7) is 0. The van der Waals surface area contributed by atoms with Crippen LogP contribution in [0.2, 0.25) is 5.15 Å². The van der Waals surface area contributed by atoms with Crippen LogP contribution in [0.3, 0.4) is 0 Å². The molecule has 0 unspecified atom stereocenters. The Morgan fingerprint density at radius 2 is 1.87 bits per heavy atom. The quantitative estimate of drug-likeness (QED) is 0.844. The summed E-state index contributed by atoms with van der Waals surface area (Å²) in [6, 6.07) is 7.45. The standard InChI is InChI=1S/C10H6BrClN2O/c11-7-3-1-2-4-8(7)15-10-9(12)13-5-6-14-10/h1-6H. The summed E-state index contributed by atoms with van der Waals surface area (Å²) in [5, 5.41) is 0.244. The van der Waals surface area contributed by atoms with Crippen molar-refractivity contribution in [3.8, 4) is 11.6 Å². The van der Waals surface area contributed by atoms with E-state index in [0.29, 0.717) is 11.6 Å². The number of nitrogens with zero attached hydrogens (tertiary/aromatic N) is 2. The molecule has 0 atom stereocenters. The van der Waals surface area contributed by atoms with Crippen LogP contribution in [0.5, 0.6) is 11.6 Å². The molecule has 76 valence electrons. The molecule has 0 fully saturated rings. The van der Waals surface area contributed by atoms with Gasteiger partial charge in [-0.2, -0.15) is 0 Å². The molecule has 0 saturated carbocycles. The normalized spacial score (nSPS) is 10.0. The van der Waals surface area contributed by atoms with Gasteiger partial charge >= 0.3 is 0 Å². The fraction of sp³-hybridized carbons (Fsp3) is 0. The molecule has 0 bridgehead atoms. The van der Waals surface area contributed by atoms with Gasteiger partial charge in [-0.15, -0.1) is 0 Å². The molecule has 0 aliphatic heterocycles. The van der Waals surface area contributed by atoms with Crippen LogP contribution in [0.15, 0.2) is 41.1 Å². The Morgan fingerprint density at radius 3 is 2.60 bits per heavy atom. The fourth-order valence-electron chi connectivity index (χ4n) is 1.01. The van der Waals surface area contributed by atoms with E-state index >= 15 is 0 Å². The Labute approximate surface area is 100 Å². The first-order valence-electron chi connectivity index (χ1n) is 4.16. The Bertz CT molecular complexity index is 435. The Morgan fingerprint density at radius 1 is 1.13 bits per heavy atom. The Balaban J connectivity index is 2.30. The first kappa shape index (κ1) is 10.4. The molecule has 2 aromatic rings. The third-order valence-corrected chi connectivity index (χ3v) is 2.58. The number of aromatic nitrogens is 2. The SMILES string of the molecule is Clc1nccnc1Oc1ccccc1Br. The van der Waals surface area contributed by atoms with Gasteiger partial charge in [-0.3, -0.25) is 0 Å². The average molecular weight is 286 g/mol. The number of hydrogen-bond donors (Lipinski definition) is 0. The minimum atomic E-state index is 0.244. The number of para-hydroxylation sites is 1. The fourth-order valence-corrected chi connectivity index (χ4v) is 1.52. The minimum absolute atomic E-state index is 0.244. The molecule has 0 N–H and O–H groups in total. The largest absolute Gasteiger partial charge is 0.435 e. The summed E-state index contributed by atoms with van der Waals surface area (Å²) >= 11 is 9.17. The van der Waals surface area contributed by atoms with Crippen molar-refractivity contribution >= 4 is 27.5 Å². The predicted octanol–water partition coefficient (Wildman–Crippen LogP) is 3.68. The first-order valence-corrected chi connectivity index (χ1v) is 5.33. The van der Waals surface area contributed by atoms with Crippen LogP contribution in [-0.2, 0) is 0 Å². The maximum atomic E-state index is 5.81. The van der Waals surface area contributed by atoms with Crippen molar-refractivity contribution in [3.05, 3.63) is 46.3 Å². The van der Waals surface area contributed by atoms with Crippen LogP contribution >= 0.6 is 27.5 Å². The van der Waals surface area contributed by atoms with Crippen LogP contribution in [0.4, 0.5) is 0 Å². The molecule has 2 rings (SSSR count). The van der Waals surface area contributed by atoms with Crippen molar-refractivity contribution in [3.63, 3.8) is 0 Å². The van der Waals surface area contributed by atoms with Crippen LogP contribution in [0.1, 0.15) is 0 Å². The second kappa shape index (κ2) is 4.59. The summed E-state index contributed by atoms with van der Waals surface area (Å²) in [5.74, 6) is 0.950. The zero-order chi connectivity index (χ0) is 10.7. The van der Waals surface area contributed by atoms with Crippen LogP contribution in [-0.4, -0.2) is 9.97 Å². The summed E-state index contributed by atoms with van der Waals surface area (Å²) in [5.41, 5.74) is 0. The lowest BCUT2D eigenvalue weighted by atomic mass is 10.3. The molecule has 3 nitrogen and oxygen atoms in total. The Hall–Kier alpha value is -1.13. The molecule has 5 heteroatoms. The van der Waals surface area contributed by atoms with Crippen molar-refractivity contribution in [2.24, 2.45) is 0 Å². The van der Waals surface area contributed by atoms with Gasteiger partial charge in [0, 0.05) is 12.4 Å². The van der Waals surface area contributed by atoms with E-state index < -0.39 is 0 Å². The van der Waals surface area contributed by atoms with Gasteiger partial charge in [0.15, 0.2) is 5.15 Å². The number of ether oxygens (including phenoxy) is 1. The van der Waals surface area contributed by atoms with Crippen LogP contribution < -0.4 is 4.74 Å². The number of hydrogen-bond acceptors (Lipinski definition) is 3. The molecule has 1 aromatic carbocycles. The number of benzene rings is 1. The monoisotopic (exact) mass is 284 g/mol. The minimum Gasteiger partial charge on any atom is -0.435 e. The van der Waals surface area contributed by atoms with Gasteiger partial charge in [0.1, 0.15) is 5.75 Å². The van der Waals surface area contributed by atoms with Crippen molar-refractivity contribution < 1.29 is 4.74 Å². The maximum Gasteiger partial charge on any atom is 0.257 e. The molecule has 1 heterocycles. The summed E-state index contributed by atoms with van der Waals surface area (Å²) in [6.07, 6.45) is 3.04. The highest BCUT2D eigenvalue weighted by atomic mass is 79.9. The number of halogens is 2. The van der Waals surface area contributed by atoms with E-state index in [1.54, 1.807) is 0 Å². The van der Waals surface area contributed by atoms with Crippen molar-refractivity contribution in [1.82, 2.24) is 9.97 Å². The highest BCUT2D eigenvalue weighted by molar-refractivity contribution is 9.10. The molecule has 15 heavy (non-hydrogen) atoms. The van der Waals surface area contributed by atoms with Gasteiger partial charge in [-0.05, 0) is 28.1 Å². The smallest absolute Gasteiger partial charge is 0.257 e. The third-order valence-electron chi connectivity index (χ3n) is 1.67. The molecular weight excluding hydrogens is 279 g/mol. The molecular formula is C10H6BrClN2O. The van der Waals surface area contributed by atoms with E-state index in [4.69, 9.17) is 16.3 Å². The highest BCUT2D eigenvalue weighted by Gasteiger charge is 2.06. The van der Waals surface area contributed by atoms with E-state index in [1.165, 1.54) is 12.4 Å². The van der Waals surface area contributed by atoms with E-state index in [-0.39, 0.29) is 5.15 Å². The molecule has 0 saturated heterocycles. The molecule has 1 aromatic heterocycles. The third kappa shape index (κ3) is 2.46. The van der Waals surface area contributed by atoms with Gasteiger partial charge in [-0.25, -0.2) is 9.97 Å². The number of rotatable bonds is 2. The molecule has 0 aliphatic rings. The van der Waals surface area contributed by atoms with Gasteiger partial charge in [-0.1, -0.05) is 23.7 Å². The van der Waals surface area contributed by atoms with Crippen molar-refractivity contribution in [1.29, 1.82) is 0 Å². The lowest BCUT2D eigenvalue weighted by Crippen LogP contribution is -1.90. The molecule has 0 spiro atoms. The van der Waals surface area contributed by atoms with Gasteiger partial charge < -0.3 is 4.74 Å². The Kier molecular flexibility index (Phi) is 3.18. The predicted molar refractivity (Wildman–Crippen MR) is 61.3 cm³/mol. The second-order valence-corrected chi connectivity index (χ2v) is 3.90. The molecule has 0 radical (unpaired) electrons. The average Bonchev–Trinajstić information content (AvgIpc) is 2.24. The topological polar surface area (TPSA) is 35.0 Å². The molecule has 0 aliphatic carbocycles. The first-order chi connectivity index (χ1) is 7.27. The lowest BCUT2D eigenvalue weighted by Gasteiger charge is -2.06. The van der Waals surface area contributed by atoms with E-state index in [0.717, 1.165) is 4.47 Å². The van der Waals surface area contributed by atoms with Crippen LogP contribution in [0.25, 0.3) is 0 Å². The molecule has 0 amide bonds. The van der Waals surface area contributed by atoms with Crippen LogP contribution in [0, 0.1) is 0 Å². The van der Waals surface area contributed by atoms with Crippen molar-refractivity contribution in [2.45, 2.75) is 0 Å². The second-order valence-electron chi connectivity index (χ2n) is 2.68. The zero-order valence-electron chi connectivity index (χ0n) is 7.52. The van der Waals surface area contributed by atoms with E-state index in [1.807, 2.05) is 24.3 Å². The summed E-state index contributed by atoms with van der Waals surface area (Å²) in [4.78, 5) is 7.84. The van der Waals surface area contributed by atoms with E-state index in [9.17, 15) is 0 Å². The zero-order valence-corrected chi connectivity index (χ0v) is 9.86. The summed E-state index contributed by atoms with van der Waals surface area (Å²) in [7, 11) is 0. The van der Waals surface area contributed by atoms with Gasteiger partial charge in [0.25, 0.3) is 5.88 Å². The van der Waals surface area contributed by atoms with Gasteiger partial charge in [0.2, 0.25) is 0 Å².